The second-order valence-corrected chi connectivity index (χ2v) is 10.8. The van der Waals surface area contributed by atoms with Gasteiger partial charge >= 0.3 is 0 Å². The van der Waals surface area contributed by atoms with Crippen LogP contribution in [0, 0.1) is 5.92 Å². The molecule has 33 heavy (non-hydrogen) atoms. The van der Waals surface area contributed by atoms with E-state index in [4.69, 9.17) is 4.42 Å². The summed E-state index contributed by atoms with van der Waals surface area (Å²) in [5.41, 5.74) is 1.93. The van der Waals surface area contributed by atoms with Crippen LogP contribution in [0.4, 0.5) is 5.69 Å². The number of piperidine rings is 1. The molecule has 1 aromatic carbocycles. The number of furan rings is 1. The van der Waals surface area contributed by atoms with Gasteiger partial charge in [-0.3, -0.25) is 4.79 Å². The lowest BCUT2D eigenvalue weighted by Crippen LogP contribution is -2.44. The van der Waals surface area contributed by atoms with E-state index in [1.54, 1.807) is 16.4 Å². The summed E-state index contributed by atoms with van der Waals surface area (Å²) in [5, 5.41) is 2.89. The smallest absolute Gasteiger partial charge is 0.291 e. The maximum Gasteiger partial charge on any atom is 0.291 e. The van der Waals surface area contributed by atoms with E-state index in [-0.39, 0.29) is 18.3 Å². The first kappa shape index (κ1) is 27.4. The summed E-state index contributed by atoms with van der Waals surface area (Å²) in [5.74, 6) is 0.550. The Kier molecular flexibility index (Phi) is 10.4. The van der Waals surface area contributed by atoms with Crippen molar-refractivity contribution < 1.29 is 17.6 Å². The van der Waals surface area contributed by atoms with Gasteiger partial charge in [-0.15, -0.1) is 12.4 Å². The summed E-state index contributed by atoms with van der Waals surface area (Å²) in [6.45, 7) is 7.68. The first-order valence-corrected chi connectivity index (χ1v) is 13.2. The number of carbonyl (C=O) groups excluding carboxylic acids is 1. The number of halogens is 1. The molecule has 9 heteroatoms. The Morgan fingerprint density at radius 2 is 1.97 bits per heavy atom. The molecular weight excluding hydrogens is 462 g/mol. The molecule has 1 aliphatic rings. The third-order valence-corrected chi connectivity index (χ3v) is 7.43. The van der Waals surface area contributed by atoms with Crippen LogP contribution in [0.5, 0.6) is 0 Å². The van der Waals surface area contributed by atoms with Gasteiger partial charge in [0.25, 0.3) is 5.91 Å². The Hall–Kier alpha value is -1.87. The Morgan fingerprint density at radius 3 is 2.58 bits per heavy atom. The summed E-state index contributed by atoms with van der Waals surface area (Å²) in [7, 11) is -3.09. The average Bonchev–Trinajstić information content (AvgIpc) is 3.28. The summed E-state index contributed by atoms with van der Waals surface area (Å²) in [6.07, 6.45) is 6.56. The first-order chi connectivity index (χ1) is 15.3. The number of hydrogen-bond acceptors (Lipinski definition) is 5. The van der Waals surface area contributed by atoms with E-state index in [9.17, 15) is 13.2 Å². The van der Waals surface area contributed by atoms with Gasteiger partial charge < -0.3 is 14.6 Å². The Bertz CT molecular complexity index is 973. The Labute approximate surface area is 204 Å². The van der Waals surface area contributed by atoms with Gasteiger partial charge in [-0.1, -0.05) is 19.1 Å². The van der Waals surface area contributed by atoms with Crippen molar-refractivity contribution >= 4 is 34.0 Å². The van der Waals surface area contributed by atoms with Crippen LogP contribution in [0.3, 0.4) is 0 Å². The number of amides is 1. The van der Waals surface area contributed by atoms with E-state index in [2.05, 4.69) is 30.1 Å². The van der Waals surface area contributed by atoms with Crippen molar-refractivity contribution in [1.82, 2.24) is 9.21 Å². The lowest BCUT2D eigenvalue weighted by atomic mass is 9.96. The van der Waals surface area contributed by atoms with Crippen LogP contribution >= 0.6 is 12.4 Å². The number of sulfonamides is 1. The van der Waals surface area contributed by atoms with Gasteiger partial charge in [0.2, 0.25) is 10.0 Å². The van der Waals surface area contributed by atoms with Crippen molar-refractivity contribution in [3.8, 4) is 0 Å². The third kappa shape index (κ3) is 8.14. The van der Waals surface area contributed by atoms with E-state index in [1.807, 2.05) is 18.2 Å². The molecule has 0 saturated carbocycles. The average molecular weight is 498 g/mol. The SMILES string of the molecule is CCCN(CC1CCN(S(C)(=O)=O)CC1)[C@@H](C)Cc1cccc(NC(=O)c2ccco2)c1.Cl. The van der Waals surface area contributed by atoms with Crippen LogP contribution in [-0.2, 0) is 16.4 Å². The maximum atomic E-state index is 12.3. The molecule has 0 spiro atoms. The molecule has 1 saturated heterocycles. The van der Waals surface area contributed by atoms with Gasteiger partial charge in [0, 0.05) is 31.4 Å². The van der Waals surface area contributed by atoms with E-state index in [1.165, 1.54) is 18.1 Å². The van der Waals surface area contributed by atoms with Gasteiger partial charge in [-0.2, -0.15) is 0 Å². The highest BCUT2D eigenvalue weighted by Gasteiger charge is 2.27. The van der Waals surface area contributed by atoms with Crippen molar-refractivity contribution in [2.24, 2.45) is 5.92 Å². The zero-order valence-corrected chi connectivity index (χ0v) is 21.3. The highest BCUT2D eigenvalue weighted by Crippen LogP contribution is 2.23. The maximum absolute atomic E-state index is 12.3. The molecular formula is C24H36ClN3O4S. The van der Waals surface area contributed by atoms with E-state index in [0.717, 1.165) is 44.5 Å². The van der Waals surface area contributed by atoms with Crippen LogP contribution < -0.4 is 5.32 Å². The number of nitrogens with zero attached hydrogens (tertiary/aromatic N) is 2. The fourth-order valence-corrected chi connectivity index (χ4v) is 5.25. The number of hydrogen-bond donors (Lipinski definition) is 1. The van der Waals surface area contributed by atoms with E-state index >= 15 is 0 Å². The van der Waals surface area contributed by atoms with E-state index < -0.39 is 10.0 Å². The van der Waals surface area contributed by atoms with Crippen molar-refractivity contribution in [2.75, 3.05) is 37.8 Å². The molecule has 7 nitrogen and oxygen atoms in total. The van der Waals surface area contributed by atoms with Gasteiger partial charge in [-0.05, 0) is 74.9 Å². The molecule has 1 aromatic heterocycles. The lowest BCUT2D eigenvalue weighted by Gasteiger charge is -2.36. The number of nitrogens with one attached hydrogen (secondary N) is 1. The lowest BCUT2D eigenvalue weighted by molar-refractivity contribution is 0.0996. The number of anilines is 1. The minimum absolute atomic E-state index is 0. The molecule has 1 N–H and O–H groups in total. The largest absolute Gasteiger partial charge is 0.459 e. The predicted octanol–water partition coefficient (Wildman–Crippen LogP) is 4.27. The highest BCUT2D eigenvalue weighted by atomic mass is 35.5. The molecule has 1 aliphatic heterocycles. The first-order valence-electron chi connectivity index (χ1n) is 11.4. The summed E-state index contributed by atoms with van der Waals surface area (Å²) < 4.78 is 30.3. The Morgan fingerprint density at radius 1 is 1.24 bits per heavy atom. The fraction of sp³-hybridized carbons (Fsp3) is 0.542. The van der Waals surface area contributed by atoms with Crippen LogP contribution in [-0.4, -0.2) is 62.0 Å². The third-order valence-electron chi connectivity index (χ3n) is 6.13. The Balaban J connectivity index is 0.00000385. The predicted molar refractivity (Wildman–Crippen MR) is 135 cm³/mol. The fourth-order valence-electron chi connectivity index (χ4n) is 4.38. The standard InChI is InChI=1S/C24H35N3O4S.ClH/c1-4-12-26(18-20-10-13-27(14-11-20)32(3,29)30)19(2)16-21-7-5-8-22(17-21)25-24(28)23-9-6-15-31-23;/h5-9,15,17,19-20H,4,10-14,16,18H2,1-3H3,(H,25,28);1H/t19-;/m0./s1. The van der Waals surface area contributed by atoms with Gasteiger partial charge in [0.05, 0.1) is 12.5 Å². The van der Waals surface area contributed by atoms with Crippen molar-refractivity contribution in [1.29, 1.82) is 0 Å². The van der Waals surface area contributed by atoms with E-state index in [0.29, 0.717) is 30.8 Å². The summed E-state index contributed by atoms with van der Waals surface area (Å²) >= 11 is 0. The highest BCUT2D eigenvalue weighted by molar-refractivity contribution is 7.88. The second-order valence-electron chi connectivity index (χ2n) is 8.79. The summed E-state index contributed by atoms with van der Waals surface area (Å²) in [6, 6.07) is 11.6. The molecule has 1 atom stereocenters. The van der Waals surface area contributed by atoms with Crippen LogP contribution in [0.25, 0.3) is 0 Å². The van der Waals surface area contributed by atoms with Crippen LogP contribution in [0.2, 0.25) is 0 Å². The molecule has 3 rings (SSSR count). The van der Waals surface area contributed by atoms with Crippen LogP contribution in [0.15, 0.2) is 47.1 Å². The molecule has 0 unspecified atom stereocenters. The van der Waals surface area contributed by atoms with Crippen molar-refractivity contribution in [2.45, 2.75) is 45.6 Å². The molecule has 0 radical (unpaired) electrons. The minimum Gasteiger partial charge on any atom is -0.459 e. The zero-order chi connectivity index (χ0) is 23.1. The summed E-state index contributed by atoms with van der Waals surface area (Å²) in [4.78, 5) is 14.8. The van der Waals surface area contributed by atoms with Gasteiger partial charge in [0.15, 0.2) is 5.76 Å². The zero-order valence-electron chi connectivity index (χ0n) is 19.7. The normalized spacial score (nSPS) is 16.4. The minimum atomic E-state index is -3.09. The monoisotopic (exact) mass is 497 g/mol. The van der Waals surface area contributed by atoms with Gasteiger partial charge in [-0.25, -0.2) is 12.7 Å². The van der Waals surface area contributed by atoms with Gasteiger partial charge in [0.1, 0.15) is 0 Å². The topological polar surface area (TPSA) is 82.9 Å². The number of benzene rings is 1. The molecule has 1 amide bonds. The van der Waals surface area contributed by atoms with Crippen molar-refractivity contribution in [3.05, 3.63) is 54.0 Å². The van der Waals surface area contributed by atoms with Crippen molar-refractivity contribution in [3.63, 3.8) is 0 Å². The quantitative estimate of drug-likeness (QED) is 0.530. The molecule has 0 aliphatic carbocycles. The van der Waals surface area contributed by atoms with Crippen LogP contribution in [0.1, 0.15) is 49.2 Å². The molecule has 2 aromatic rings. The second kappa shape index (κ2) is 12.6. The molecule has 0 bridgehead atoms. The molecule has 184 valence electrons. The molecule has 2 heterocycles. The number of carbonyl (C=O) groups is 1. The molecule has 1 fully saturated rings. The number of rotatable bonds is 10.